The van der Waals surface area contributed by atoms with Gasteiger partial charge in [0.05, 0.1) is 5.69 Å². The lowest BCUT2D eigenvalue weighted by Crippen LogP contribution is -2.16. The van der Waals surface area contributed by atoms with Crippen LogP contribution in [0.3, 0.4) is 0 Å². The van der Waals surface area contributed by atoms with E-state index in [4.69, 9.17) is 0 Å². The predicted octanol–water partition coefficient (Wildman–Crippen LogP) is 4.31. The first-order chi connectivity index (χ1) is 5.55. The normalized spacial score (nSPS) is 17.3. The van der Waals surface area contributed by atoms with Crippen molar-refractivity contribution < 1.29 is 19.4 Å². The fourth-order valence-corrected chi connectivity index (χ4v) is 1.31. The van der Waals surface area contributed by atoms with E-state index in [2.05, 4.69) is 0 Å². The molecule has 1 aromatic carbocycles. The third-order valence-corrected chi connectivity index (χ3v) is 1.71. The van der Waals surface area contributed by atoms with Gasteiger partial charge in [-0.05, 0) is 12.1 Å². The Balaban J connectivity index is 2.96. The number of hydrogen-bond acceptors (Lipinski definition) is 1. The number of hydrogen-bond donors (Lipinski definition) is 1. The smallest absolute Gasteiger partial charge is 0.252 e. The van der Waals surface area contributed by atoms with Crippen LogP contribution in [0.4, 0.5) is 25.1 Å². The molecule has 0 aliphatic heterocycles. The Morgan fingerprint density at radius 1 is 0.846 bits per heavy atom. The molecule has 0 unspecified atom stereocenters. The highest BCUT2D eigenvalue weighted by Crippen LogP contribution is 2.96. The van der Waals surface area contributed by atoms with E-state index < -0.39 is 16.1 Å². The van der Waals surface area contributed by atoms with Gasteiger partial charge >= 0.3 is 10.4 Å². The summed E-state index contributed by atoms with van der Waals surface area (Å²) in [7, 11) is -9.54. The second kappa shape index (κ2) is 2.09. The van der Waals surface area contributed by atoms with E-state index in [9.17, 15) is 19.4 Å². The second-order valence-corrected chi connectivity index (χ2v) is 4.58. The minimum absolute atomic E-state index is 0.319. The first kappa shape index (κ1) is 10.1. The zero-order valence-corrected chi connectivity index (χ0v) is 7.00. The topological polar surface area (TPSA) is 12.0 Å². The van der Waals surface area contributed by atoms with Gasteiger partial charge in [0.25, 0.3) is 0 Å². The molecule has 1 aromatic rings. The van der Waals surface area contributed by atoms with E-state index in [0.717, 1.165) is 12.1 Å². The lowest BCUT2D eigenvalue weighted by molar-refractivity contribution is 0.375. The molecule has 1 N–H and O–H groups in total. The highest BCUT2D eigenvalue weighted by Gasteiger charge is 2.63. The monoisotopic (exact) mass is 219 g/mol. The lowest BCUT2D eigenvalue weighted by Gasteiger charge is -2.41. The average molecular weight is 219 g/mol. The molecule has 1 rings (SSSR count). The van der Waals surface area contributed by atoms with Crippen molar-refractivity contribution in [3.63, 3.8) is 0 Å². The van der Waals surface area contributed by atoms with Crippen molar-refractivity contribution in [1.82, 2.24) is 0 Å². The molecule has 76 valence electrons. The van der Waals surface area contributed by atoms with Crippen molar-refractivity contribution in [3.05, 3.63) is 30.3 Å². The van der Waals surface area contributed by atoms with Gasteiger partial charge < -0.3 is 0 Å². The third kappa shape index (κ3) is 4.56. The zero-order valence-electron chi connectivity index (χ0n) is 6.18. The standard InChI is InChI=1S/C6H6F5NS/c7-13(8,9,10,11)12-6-4-2-1-3-5-6/h1-5,12H. The number of nitrogens with one attached hydrogen (secondary N) is 1. The van der Waals surface area contributed by atoms with Gasteiger partial charge in [0.1, 0.15) is 0 Å². The largest absolute Gasteiger partial charge is 0.362 e. The Bertz CT molecular complexity index is 303. The molecule has 0 spiro atoms. The van der Waals surface area contributed by atoms with Gasteiger partial charge in [0.15, 0.2) is 0 Å². The highest BCUT2D eigenvalue weighted by atomic mass is 32.5. The van der Waals surface area contributed by atoms with Crippen LogP contribution in [0.2, 0.25) is 0 Å². The fourth-order valence-electron chi connectivity index (χ4n) is 0.729. The van der Waals surface area contributed by atoms with Crippen LogP contribution in [-0.4, -0.2) is 0 Å². The van der Waals surface area contributed by atoms with Crippen LogP contribution in [0, 0.1) is 0 Å². The van der Waals surface area contributed by atoms with Crippen LogP contribution in [-0.2, 0) is 0 Å². The Morgan fingerprint density at radius 3 is 1.69 bits per heavy atom. The summed E-state index contributed by atoms with van der Waals surface area (Å²) in [6, 6.07) is 5.71. The van der Waals surface area contributed by atoms with Crippen LogP contribution in [0.25, 0.3) is 0 Å². The van der Waals surface area contributed by atoms with Crippen molar-refractivity contribution in [1.29, 1.82) is 0 Å². The molecule has 0 heterocycles. The lowest BCUT2D eigenvalue weighted by atomic mass is 10.3. The molecule has 0 saturated heterocycles. The molecule has 1 nitrogen and oxygen atoms in total. The number of rotatable bonds is 2. The summed E-state index contributed by atoms with van der Waals surface area (Å²) < 4.78 is 59.3. The Kier molecular flexibility index (Phi) is 1.62. The maximum atomic E-state index is 11.8. The van der Waals surface area contributed by atoms with Gasteiger partial charge in [-0.15, -0.1) is 0 Å². The summed E-state index contributed by atoms with van der Waals surface area (Å²) in [6.45, 7) is 0. The van der Waals surface area contributed by atoms with Gasteiger partial charge in [0.2, 0.25) is 0 Å². The SMILES string of the molecule is FS(F)(F)(F)(F)Nc1ccccc1. The molecule has 0 amide bonds. The van der Waals surface area contributed by atoms with Gasteiger partial charge in [-0.25, -0.2) is 0 Å². The van der Waals surface area contributed by atoms with Gasteiger partial charge in [0, 0.05) is 0 Å². The van der Waals surface area contributed by atoms with E-state index in [1.54, 1.807) is 0 Å². The molecule has 0 saturated carbocycles. The first-order valence-electron chi connectivity index (χ1n) is 3.14. The predicted molar refractivity (Wildman–Crippen MR) is 43.2 cm³/mol. The van der Waals surface area contributed by atoms with Crippen LogP contribution < -0.4 is 4.72 Å². The molecule has 0 aliphatic rings. The summed E-state index contributed by atoms with van der Waals surface area (Å²) >= 11 is 0. The van der Waals surface area contributed by atoms with Crippen molar-refractivity contribution in [2.75, 3.05) is 4.72 Å². The number of anilines is 1. The Morgan fingerprint density at radius 2 is 1.31 bits per heavy atom. The molecule has 0 aliphatic carbocycles. The zero-order chi connectivity index (χ0) is 10.2. The molecular weight excluding hydrogens is 213 g/mol. The van der Waals surface area contributed by atoms with Crippen molar-refractivity contribution >= 4 is 16.1 Å². The molecular formula is C6H6F5NS. The summed E-state index contributed by atoms with van der Waals surface area (Å²) in [6.07, 6.45) is 0. The summed E-state index contributed by atoms with van der Waals surface area (Å²) in [5.41, 5.74) is -0.665. The van der Waals surface area contributed by atoms with Crippen molar-refractivity contribution in [3.8, 4) is 0 Å². The first-order valence-corrected chi connectivity index (χ1v) is 5.09. The van der Waals surface area contributed by atoms with Crippen molar-refractivity contribution in [2.45, 2.75) is 0 Å². The fraction of sp³-hybridized carbons (Fsp3) is 0. The summed E-state index contributed by atoms with van der Waals surface area (Å²) in [5, 5.41) is 0. The Labute approximate surface area is 71.4 Å². The van der Waals surface area contributed by atoms with Crippen LogP contribution in [0.5, 0.6) is 0 Å². The molecule has 7 heteroatoms. The van der Waals surface area contributed by atoms with Gasteiger partial charge in [-0.1, -0.05) is 37.6 Å². The Hall–Kier alpha value is -0.980. The van der Waals surface area contributed by atoms with E-state index in [1.165, 1.54) is 18.2 Å². The van der Waals surface area contributed by atoms with Crippen LogP contribution >= 0.6 is 10.4 Å². The van der Waals surface area contributed by atoms with E-state index in [1.807, 2.05) is 0 Å². The molecule has 13 heavy (non-hydrogen) atoms. The summed E-state index contributed by atoms with van der Waals surface area (Å²) in [4.78, 5) is 0. The van der Waals surface area contributed by atoms with Crippen molar-refractivity contribution in [2.24, 2.45) is 0 Å². The average Bonchev–Trinajstić information content (AvgIpc) is 1.82. The maximum absolute atomic E-state index is 11.8. The quantitative estimate of drug-likeness (QED) is 0.730. The van der Waals surface area contributed by atoms with Gasteiger partial charge in [-0.2, -0.15) is 0 Å². The van der Waals surface area contributed by atoms with E-state index in [-0.39, 0.29) is 0 Å². The minimum Gasteiger partial charge on any atom is -0.252 e. The number of para-hydroxylation sites is 1. The maximum Gasteiger partial charge on any atom is 0.362 e. The number of halogens is 5. The second-order valence-electron chi connectivity index (χ2n) is 2.44. The molecule has 0 bridgehead atoms. The minimum atomic E-state index is -9.54. The molecule has 0 atom stereocenters. The van der Waals surface area contributed by atoms with E-state index in [0.29, 0.717) is 4.72 Å². The molecule has 0 radical (unpaired) electrons. The number of benzene rings is 1. The molecule has 0 fully saturated rings. The van der Waals surface area contributed by atoms with Gasteiger partial charge in [-0.3, -0.25) is 4.72 Å². The van der Waals surface area contributed by atoms with Crippen LogP contribution in [0.1, 0.15) is 0 Å². The molecule has 0 aromatic heterocycles. The third-order valence-electron chi connectivity index (χ3n) is 1.08. The van der Waals surface area contributed by atoms with Crippen LogP contribution in [0.15, 0.2) is 30.3 Å². The van der Waals surface area contributed by atoms with E-state index >= 15 is 0 Å². The summed E-state index contributed by atoms with van der Waals surface area (Å²) in [5.74, 6) is 0. The highest BCUT2D eigenvalue weighted by molar-refractivity contribution is 8.46.